The van der Waals surface area contributed by atoms with Gasteiger partial charge >= 0.3 is 0 Å². The number of nitrogens with zero attached hydrogens (tertiary/aromatic N) is 1. The molecule has 0 radical (unpaired) electrons. The molecule has 0 atom stereocenters. The highest BCUT2D eigenvalue weighted by Crippen LogP contribution is 2.13. The minimum atomic E-state index is -0.463. The third-order valence-corrected chi connectivity index (χ3v) is 2.78. The average molecular weight is 272 g/mol. The molecule has 20 heavy (non-hydrogen) atoms. The lowest BCUT2D eigenvalue weighted by atomic mass is 10.1. The minimum Gasteiger partial charge on any atom is -0.411 e. The molecular formula is C15H13FN2O2. The van der Waals surface area contributed by atoms with Crippen molar-refractivity contribution in [2.24, 2.45) is 5.16 Å². The first kappa shape index (κ1) is 13.7. The van der Waals surface area contributed by atoms with Crippen molar-refractivity contribution in [2.45, 2.75) is 6.92 Å². The van der Waals surface area contributed by atoms with Crippen LogP contribution >= 0.6 is 0 Å². The van der Waals surface area contributed by atoms with Crippen molar-refractivity contribution in [1.82, 2.24) is 0 Å². The monoisotopic (exact) mass is 272 g/mol. The number of benzene rings is 2. The van der Waals surface area contributed by atoms with Crippen molar-refractivity contribution in [2.75, 3.05) is 5.32 Å². The molecule has 0 unspecified atom stereocenters. The molecule has 0 heterocycles. The fourth-order valence-electron chi connectivity index (χ4n) is 1.71. The standard InChI is InChI=1S/C15H13FN2O2/c1-10(18-20)11-4-3-7-14(9-11)17-15(19)12-5-2-6-13(16)8-12/h2-9,20H,1H3,(H,17,19)/b18-10+. The smallest absolute Gasteiger partial charge is 0.255 e. The fourth-order valence-corrected chi connectivity index (χ4v) is 1.71. The summed E-state index contributed by atoms with van der Waals surface area (Å²) in [5, 5.41) is 14.5. The van der Waals surface area contributed by atoms with E-state index in [2.05, 4.69) is 10.5 Å². The molecule has 0 saturated heterocycles. The fraction of sp³-hybridized carbons (Fsp3) is 0.0667. The summed E-state index contributed by atoms with van der Waals surface area (Å²) in [5.74, 6) is -0.866. The van der Waals surface area contributed by atoms with Gasteiger partial charge in [-0.1, -0.05) is 23.4 Å². The van der Waals surface area contributed by atoms with Crippen molar-refractivity contribution in [3.8, 4) is 0 Å². The molecule has 0 aliphatic heterocycles. The summed E-state index contributed by atoms with van der Waals surface area (Å²) in [7, 11) is 0. The van der Waals surface area contributed by atoms with E-state index in [-0.39, 0.29) is 5.56 Å². The van der Waals surface area contributed by atoms with Gasteiger partial charge in [0.05, 0.1) is 5.71 Å². The summed E-state index contributed by atoms with van der Waals surface area (Å²) in [4.78, 5) is 12.0. The van der Waals surface area contributed by atoms with Crippen LogP contribution in [0, 0.1) is 5.82 Å². The molecule has 0 fully saturated rings. The molecule has 2 aromatic rings. The van der Waals surface area contributed by atoms with E-state index < -0.39 is 11.7 Å². The van der Waals surface area contributed by atoms with Crippen LogP contribution in [0.2, 0.25) is 0 Å². The third-order valence-electron chi connectivity index (χ3n) is 2.78. The number of oxime groups is 1. The molecule has 2 aromatic carbocycles. The molecule has 0 aromatic heterocycles. The molecule has 0 spiro atoms. The number of hydrogen-bond donors (Lipinski definition) is 2. The molecule has 0 bridgehead atoms. The van der Waals surface area contributed by atoms with Gasteiger partial charge in [0, 0.05) is 16.8 Å². The minimum absolute atomic E-state index is 0.239. The van der Waals surface area contributed by atoms with Crippen LogP contribution in [0.15, 0.2) is 53.7 Å². The van der Waals surface area contributed by atoms with Crippen LogP contribution in [0.3, 0.4) is 0 Å². The van der Waals surface area contributed by atoms with Gasteiger partial charge in [0.2, 0.25) is 0 Å². The molecule has 0 aliphatic rings. The van der Waals surface area contributed by atoms with Crippen LogP contribution in [0.25, 0.3) is 0 Å². The third kappa shape index (κ3) is 3.20. The van der Waals surface area contributed by atoms with Gasteiger partial charge in [-0.25, -0.2) is 4.39 Å². The molecule has 1 amide bonds. The Bertz CT molecular complexity index is 668. The Hall–Kier alpha value is -2.69. The second kappa shape index (κ2) is 5.97. The molecular weight excluding hydrogens is 259 g/mol. The van der Waals surface area contributed by atoms with Crippen LogP contribution in [-0.2, 0) is 0 Å². The van der Waals surface area contributed by atoms with Gasteiger partial charge in [-0.3, -0.25) is 4.79 Å². The number of rotatable bonds is 3. The predicted octanol–water partition coefficient (Wildman–Crippen LogP) is 3.28. The number of amides is 1. The number of nitrogens with one attached hydrogen (secondary N) is 1. The summed E-state index contributed by atoms with van der Waals surface area (Å²) in [6.07, 6.45) is 0. The first-order chi connectivity index (χ1) is 9.60. The number of carbonyl (C=O) groups excluding carboxylic acids is 1. The van der Waals surface area contributed by atoms with Crippen molar-refractivity contribution in [3.05, 3.63) is 65.5 Å². The first-order valence-electron chi connectivity index (χ1n) is 5.96. The molecule has 4 nitrogen and oxygen atoms in total. The number of halogens is 1. The van der Waals surface area contributed by atoms with Gasteiger partial charge in [-0.15, -0.1) is 0 Å². The number of carbonyl (C=O) groups is 1. The first-order valence-corrected chi connectivity index (χ1v) is 5.96. The molecule has 102 valence electrons. The Morgan fingerprint density at radius 1 is 1.15 bits per heavy atom. The van der Waals surface area contributed by atoms with Gasteiger partial charge in [-0.2, -0.15) is 0 Å². The quantitative estimate of drug-likeness (QED) is 0.511. The van der Waals surface area contributed by atoms with E-state index in [9.17, 15) is 9.18 Å². The Balaban J connectivity index is 2.20. The lowest BCUT2D eigenvalue weighted by Crippen LogP contribution is -2.12. The normalized spacial score (nSPS) is 11.2. The summed E-state index contributed by atoms with van der Waals surface area (Å²) >= 11 is 0. The summed E-state index contributed by atoms with van der Waals surface area (Å²) in [6, 6.07) is 12.3. The topological polar surface area (TPSA) is 61.7 Å². The van der Waals surface area contributed by atoms with Gasteiger partial charge in [0.1, 0.15) is 5.82 Å². The van der Waals surface area contributed by atoms with E-state index in [1.165, 1.54) is 24.3 Å². The second-order valence-electron chi connectivity index (χ2n) is 4.23. The van der Waals surface area contributed by atoms with Crippen molar-refractivity contribution >= 4 is 17.3 Å². The second-order valence-corrected chi connectivity index (χ2v) is 4.23. The van der Waals surface area contributed by atoms with E-state index >= 15 is 0 Å². The summed E-state index contributed by atoms with van der Waals surface area (Å²) < 4.78 is 13.1. The molecule has 2 rings (SSSR count). The lowest BCUT2D eigenvalue weighted by molar-refractivity contribution is 0.102. The zero-order valence-electron chi connectivity index (χ0n) is 10.8. The van der Waals surface area contributed by atoms with Crippen molar-refractivity contribution < 1.29 is 14.4 Å². The molecule has 2 N–H and O–H groups in total. The molecule has 5 heteroatoms. The van der Waals surface area contributed by atoms with E-state index in [1.54, 1.807) is 31.2 Å². The highest BCUT2D eigenvalue weighted by molar-refractivity contribution is 6.05. The molecule has 0 aliphatic carbocycles. The van der Waals surface area contributed by atoms with Crippen LogP contribution in [0.1, 0.15) is 22.8 Å². The zero-order valence-corrected chi connectivity index (χ0v) is 10.8. The zero-order chi connectivity index (χ0) is 14.5. The van der Waals surface area contributed by atoms with Gasteiger partial charge in [0.25, 0.3) is 5.91 Å². The summed E-state index contributed by atoms with van der Waals surface area (Å²) in [6.45, 7) is 1.65. The van der Waals surface area contributed by atoms with Gasteiger partial charge in [0.15, 0.2) is 0 Å². The SMILES string of the molecule is C/C(=N\O)c1cccc(NC(=O)c2cccc(F)c2)c1. The Labute approximate surface area is 115 Å². The van der Waals surface area contributed by atoms with Crippen LogP contribution in [0.4, 0.5) is 10.1 Å². The number of anilines is 1. The Morgan fingerprint density at radius 3 is 2.55 bits per heavy atom. The van der Waals surface area contributed by atoms with Crippen LogP contribution < -0.4 is 5.32 Å². The predicted molar refractivity (Wildman–Crippen MR) is 74.8 cm³/mol. The summed E-state index contributed by atoms with van der Waals surface area (Å²) in [5.41, 5.74) is 1.90. The van der Waals surface area contributed by atoms with Gasteiger partial charge in [-0.05, 0) is 37.3 Å². The highest BCUT2D eigenvalue weighted by atomic mass is 19.1. The molecule has 0 saturated carbocycles. The van der Waals surface area contributed by atoms with Crippen molar-refractivity contribution in [3.63, 3.8) is 0 Å². The maximum atomic E-state index is 13.1. The van der Waals surface area contributed by atoms with Gasteiger partial charge < -0.3 is 10.5 Å². The van der Waals surface area contributed by atoms with E-state index in [0.717, 1.165) is 0 Å². The lowest BCUT2D eigenvalue weighted by Gasteiger charge is -2.07. The Kier molecular flexibility index (Phi) is 4.10. The number of hydrogen-bond acceptors (Lipinski definition) is 3. The van der Waals surface area contributed by atoms with Crippen LogP contribution in [-0.4, -0.2) is 16.8 Å². The Morgan fingerprint density at radius 2 is 1.85 bits per heavy atom. The highest BCUT2D eigenvalue weighted by Gasteiger charge is 2.07. The van der Waals surface area contributed by atoms with Crippen molar-refractivity contribution in [1.29, 1.82) is 0 Å². The largest absolute Gasteiger partial charge is 0.411 e. The maximum Gasteiger partial charge on any atom is 0.255 e. The maximum absolute atomic E-state index is 13.1. The van der Waals surface area contributed by atoms with E-state index in [4.69, 9.17) is 5.21 Å². The van der Waals surface area contributed by atoms with Crippen LogP contribution in [0.5, 0.6) is 0 Å². The average Bonchev–Trinajstić information content (AvgIpc) is 2.46. The van der Waals surface area contributed by atoms with E-state index in [0.29, 0.717) is 17.0 Å². The van der Waals surface area contributed by atoms with E-state index in [1.807, 2.05) is 0 Å².